The molecular formula is C11H17BrN4O2. The summed E-state index contributed by atoms with van der Waals surface area (Å²) >= 11 is 0. The monoisotopic (exact) mass is 316 g/mol. The Labute approximate surface area is 116 Å². The van der Waals surface area contributed by atoms with E-state index in [9.17, 15) is 9.90 Å². The summed E-state index contributed by atoms with van der Waals surface area (Å²) in [5, 5.41) is 19.7. The number of hydrogen-bond acceptors (Lipinski definition) is 4. The molecule has 0 radical (unpaired) electrons. The molecule has 1 aliphatic heterocycles. The van der Waals surface area contributed by atoms with Crippen LogP contribution in [0.25, 0.3) is 0 Å². The van der Waals surface area contributed by atoms with Crippen molar-refractivity contribution >= 4 is 11.7 Å². The van der Waals surface area contributed by atoms with Gasteiger partial charge in [-0.15, -0.1) is 5.10 Å². The van der Waals surface area contributed by atoms with E-state index in [0.29, 0.717) is 23.4 Å². The highest BCUT2D eigenvalue weighted by atomic mass is 79.9. The van der Waals surface area contributed by atoms with Crippen LogP contribution < -0.4 is 22.3 Å². The van der Waals surface area contributed by atoms with Crippen LogP contribution in [0.4, 0.5) is 5.82 Å². The summed E-state index contributed by atoms with van der Waals surface area (Å²) in [4.78, 5) is 11.8. The zero-order chi connectivity index (χ0) is 12.3. The number of aromatic nitrogens is 2. The molecule has 1 aromatic heterocycles. The normalized spacial score (nSPS) is 26.4. The van der Waals surface area contributed by atoms with Crippen LogP contribution in [-0.2, 0) is 4.79 Å². The quantitative estimate of drug-likeness (QED) is 0.571. The van der Waals surface area contributed by atoms with E-state index in [0.717, 1.165) is 13.0 Å². The van der Waals surface area contributed by atoms with Crippen LogP contribution in [0.1, 0.15) is 6.42 Å². The molecule has 2 N–H and O–H groups in total. The van der Waals surface area contributed by atoms with Gasteiger partial charge in [-0.05, 0) is 12.1 Å². The number of carbonyl (C=O) groups excluding carboxylic acids is 1. The fraction of sp³-hybridized carbons (Fsp3) is 0.545. The first-order valence-electron chi connectivity index (χ1n) is 5.67. The molecule has 18 heavy (non-hydrogen) atoms. The number of anilines is 1. The minimum atomic E-state index is -0.288. The molecule has 100 valence electrons. The van der Waals surface area contributed by atoms with Crippen molar-refractivity contribution in [2.45, 2.75) is 12.5 Å². The third-order valence-corrected chi connectivity index (χ3v) is 3.02. The van der Waals surface area contributed by atoms with E-state index in [1.54, 1.807) is 18.3 Å². The van der Waals surface area contributed by atoms with E-state index in [1.807, 2.05) is 7.05 Å². The number of carbonyl (C=O) groups is 1. The van der Waals surface area contributed by atoms with Crippen molar-refractivity contribution in [1.29, 1.82) is 0 Å². The van der Waals surface area contributed by atoms with Crippen LogP contribution in [-0.4, -0.2) is 58.5 Å². The highest BCUT2D eigenvalue weighted by Crippen LogP contribution is 2.16. The lowest BCUT2D eigenvalue weighted by Gasteiger charge is -2.28. The molecule has 2 atom stereocenters. The van der Waals surface area contributed by atoms with Gasteiger partial charge in [0.15, 0.2) is 12.4 Å². The second-order valence-corrected chi connectivity index (χ2v) is 4.78. The van der Waals surface area contributed by atoms with Gasteiger partial charge < -0.3 is 31.9 Å². The largest absolute Gasteiger partial charge is 1.00 e. The number of quaternary nitrogens is 1. The molecule has 6 nitrogen and oxygen atoms in total. The number of nitrogens with zero attached hydrogens (tertiary/aromatic N) is 3. The highest BCUT2D eigenvalue weighted by molar-refractivity contribution is 5.90. The minimum absolute atomic E-state index is 0. The lowest BCUT2D eigenvalue weighted by Crippen LogP contribution is -3.00. The van der Waals surface area contributed by atoms with Gasteiger partial charge in [0.2, 0.25) is 0 Å². The maximum Gasteiger partial charge on any atom is 0.280 e. The van der Waals surface area contributed by atoms with Crippen molar-refractivity contribution in [1.82, 2.24) is 10.2 Å². The van der Waals surface area contributed by atoms with Gasteiger partial charge in [0, 0.05) is 12.6 Å². The Morgan fingerprint density at radius 2 is 2.44 bits per heavy atom. The summed E-state index contributed by atoms with van der Waals surface area (Å²) < 4.78 is 0.577. The molecule has 0 spiro atoms. The predicted octanol–water partition coefficient (Wildman–Crippen LogP) is -3.37. The first-order chi connectivity index (χ1) is 8.07. The molecule has 1 amide bonds. The number of amides is 1. The molecule has 1 fully saturated rings. The lowest BCUT2D eigenvalue weighted by molar-refractivity contribution is -0.890. The Hall–Kier alpha value is -1.05. The van der Waals surface area contributed by atoms with Crippen LogP contribution in [0.2, 0.25) is 0 Å². The van der Waals surface area contributed by atoms with Gasteiger partial charge in [-0.3, -0.25) is 4.79 Å². The number of likely N-dealkylation sites (N-methyl/N-ethyl adjacent to an activating group) is 1. The van der Waals surface area contributed by atoms with E-state index in [-0.39, 0.29) is 29.0 Å². The molecule has 1 unspecified atom stereocenters. The van der Waals surface area contributed by atoms with Gasteiger partial charge in [-0.2, -0.15) is 5.10 Å². The SMILES string of the molecule is C[N+]1(CC(=O)Nc2cccnn2)CC[C@@H](O)C1.[Br-]. The Kier molecular flexibility index (Phi) is 5.18. The predicted molar refractivity (Wildman–Crippen MR) is 62.1 cm³/mol. The van der Waals surface area contributed by atoms with Crippen molar-refractivity contribution in [3.05, 3.63) is 18.3 Å². The lowest BCUT2D eigenvalue weighted by atomic mass is 10.3. The van der Waals surface area contributed by atoms with E-state index in [2.05, 4.69) is 15.5 Å². The molecule has 2 heterocycles. The van der Waals surface area contributed by atoms with E-state index < -0.39 is 0 Å². The van der Waals surface area contributed by atoms with Gasteiger partial charge >= 0.3 is 0 Å². The molecular weight excluding hydrogens is 300 g/mol. The topological polar surface area (TPSA) is 75.1 Å². The number of hydrogen-bond donors (Lipinski definition) is 2. The number of nitrogens with one attached hydrogen (secondary N) is 1. The van der Waals surface area contributed by atoms with Gasteiger partial charge in [0.05, 0.1) is 13.6 Å². The maximum absolute atomic E-state index is 11.8. The van der Waals surface area contributed by atoms with Gasteiger partial charge in [0.25, 0.3) is 5.91 Å². The third-order valence-electron chi connectivity index (χ3n) is 3.02. The molecule has 7 heteroatoms. The number of aliphatic hydroxyl groups is 1. The first-order valence-corrected chi connectivity index (χ1v) is 5.67. The highest BCUT2D eigenvalue weighted by Gasteiger charge is 2.35. The average Bonchev–Trinajstić information content (AvgIpc) is 2.59. The van der Waals surface area contributed by atoms with E-state index in [4.69, 9.17) is 0 Å². The Morgan fingerprint density at radius 3 is 3.00 bits per heavy atom. The zero-order valence-corrected chi connectivity index (χ0v) is 11.8. The number of halogens is 1. The Bertz CT molecular complexity index is 403. The first kappa shape index (κ1) is 15.0. The molecule has 0 aromatic carbocycles. The molecule has 0 aliphatic carbocycles. The second kappa shape index (κ2) is 6.21. The summed E-state index contributed by atoms with van der Waals surface area (Å²) in [5.74, 6) is 0.367. The van der Waals surface area contributed by atoms with Crippen molar-refractivity contribution in [3.63, 3.8) is 0 Å². The van der Waals surface area contributed by atoms with Crippen LogP contribution in [0.3, 0.4) is 0 Å². The van der Waals surface area contributed by atoms with Crippen LogP contribution in [0, 0.1) is 0 Å². The fourth-order valence-corrected chi connectivity index (χ4v) is 2.19. The zero-order valence-electron chi connectivity index (χ0n) is 10.2. The molecule has 0 bridgehead atoms. The van der Waals surface area contributed by atoms with Crippen molar-refractivity contribution < 1.29 is 31.4 Å². The fourth-order valence-electron chi connectivity index (χ4n) is 2.19. The summed E-state index contributed by atoms with van der Waals surface area (Å²) in [6, 6.07) is 3.42. The molecule has 1 aromatic rings. The summed E-state index contributed by atoms with van der Waals surface area (Å²) in [7, 11) is 1.98. The standard InChI is InChI=1S/C11H16N4O2.BrH/c1-15(6-4-9(16)7-15)8-11(17)13-10-3-2-5-12-14-10;/h2-3,5,9,16H,4,6-8H2,1H3;1H/t9-,15?;/m1./s1. The van der Waals surface area contributed by atoms with Crippen LogP contribution >= 0.6 is 0 Å². The van der Waals surface area contributed by atoms with Crippen LogP contribution in [0.15, 0.2) is 18.3 Å². The molecule has 1 aliphatic rings. The summed E-state index contributed by atoms with van der Waals surface area (Å²) in [5.41, 5.74) is 0. The average molecular weight is 317 g/mol. The van der Waals surface area contributed by atoms with E-state index >= 15 is 0 Å². The molecule has 1 saturated heterocycles. The number of rotatable bonds is 3. The van der Waals surface area contributed by atoms with Gasteiger partial charge in [-0.1, -0.05) is 0 Å². The number of likely N-dealkylation sites (tertiary alicyclic amines) is 1. The van der Waals surface area contributed by atoms with Crippen molar-refractivity contribution in [2.75, 3.05) is 32.0 Å². The smallest absolute Gasteiger partial charge is 0.280 e. The molecule has 0 saturated carbocycles. The van der Waals surface area contributed by atoms with Crippen molar-refractivity contribution in [3.8, 4) is 0 Å². The number of aliphatic hydroxyl groups excluding tert-OH is 1. The third kappa shape index (κ3) is 4.01. The maximum atomic E-state index is 11.8. The summed E-state index contributed by atoms with van der Waals surface area (Å²) in [6.07, 6.45) is 2.03. The van der Waals surface area contributed by atoms with Gasteiger partial charge in [0.1, 0.15) is 12.6 Å². The van der Waals surface area contributed by atoms with Crippen molar-refractivity contribution in [2.24, 2.45) is 0 Å². The Balaban J connectivity index is 0.00000162. The molecule has 2 rings (SSSR count). The van der Waals surface area contributed by atoms with E-state index in [1.165, 1.54) is 0 Å². The second-order valence-electron chi connectivity index (χ2n) is 4.78. The minimum Gasteiger partial charge on any atom is -1.00 e. The van der Waals surface area contributed by atoms with Crippen LogP contribution in [0.5, 0.6) is 0 Å². The Morgan fingerprint density at radius 1 is 1.67 bits per heavy atom. The van der Waals surface area contributed by atoms with Gasteiger partial charge in [-0.25, -0.2) is 0 Å². The summed E-state index contributed by atoms with van der Waals surface area (Å²) in [6.45, 7) is 1.82.